The minimum absolute atomic E-state index is 0.0112. The van der Waals surface area contributed by atoms with Crippen molar-refractivity contribution in [2.45, 2.75) is 13.1 Å². The van der Waals surface area contributed by atoms with Crippen LogP contribution in [-0.4, -0.2) is 38.6 Å². The summed E-state index contributed by atoms with van der Waals surface area (Å²) in [7, 11) is 5.13. The standard InChI is InChI=1S/C17H21BrN2O3S/c1-20(10-13-5-7-16(18)24-13)11-17(21)19-9-12-4-6-14(22-2)15(8-12)23-3/h4-8H,9-11H2,1-3H3,(H,19,21). The quantitative estimate of drug-likeness (QED) is 0.722. The first kappa shape index (κ1) is 18.8. The van der Waals surface area contributed by atoms with E-state index in [4.69, 9.17) is 9.47 Å². The summed E-state index contributed by atoms with van der Waals surface area (Å²) >= 11 is 5.13. The van der Waals surface area contributed by atoms with Crippen molar-refractivity contribution in [2.75, 3.05) is 27.8 Å². The molecule has 1 aromatic carbocycles. The molecule has 5 nitrogen and oxygen atoms in total. The molecule has 0 aliphatic rings. The molecule has 0 bridgehead atoms. The SMILES string of the molecule is COc1ccc(CNC(=O)CN(C)Cc2ccc(Br)s2)cc1OC. The molecular formula is C17H21BrN2O3S. The number of nitrogens with one attached hydrogen (secondary N) is 1. The van der Waals surface area contributed by atoms with Gasteiger partial charge in [0.15, 0.2) is 11.5 Å². The maximum atomic E-state index is 12.1. The van der Waals surface area contributed by atoms with Gasteiger partial charge >= 0.3 is 0 Å². The number of hydrogen-bond donors (Lipinski definition) is 1. The number of carbonyl (C=O) groups is 1. The van der Waals surface area contributed by atoms with Gasteiger partial charge in [-0.05, 0) is 52.8 Å². The van der Waals surface area contributed by atoms with Crippen LogP contribution in [0, 0.1) is 0 Å². The first-order chi connectivity index (χ1) is 11.5. The van der Waals surface area contributed by atoms with Crippen molar-refractivity contribution >= 4 is 33.2 Å². The smallest absolute Gasteiger partial charge is 0.234 e. The lowest BCUT2D eigenvalue weighted by molar-refractivity contribution is -0.122. The molecule has 0 saturated heterocycles. The Morgan fingerprint density at radius 1 is 1.21 bits per heavy atom. The summed E-state index contributed by atoms with van der Waals surface area (Å²) in [4.78, 5) is 15.3. The zero-order valence-corrected chi connectivity index (χ0v) is 16.4. The Bertz CT molecular complexity index is 690. The molecule has 0 spiro atoms. The van der Waals surface area contributed by atoms with E-state index >= 15 is 0 Å². The third-order valence-corrected chi connectivity index (χ3v) is 5.01. The number of thiophene rings is 1. The monoisotopic (exact) mass is 412 g/mol. The topological polar surface area (TPSA) is 50.8 Å². The van der Waals surface area contributed by atoms with Crippen LogP contribution in [-0.2, 0) is 17.9 Å². The van der Waals surface area contributed by atoms with E-state index < -0.39 is 0 Å². The molecule has 7 heteroatoms. The summed E-state index contributed by atoms with van der Waals surface area (Å²) in [5.41, 5.74) is 0.964. The number of likely N-dealkylation sites (N-methyl/N-ethyl adjacent to an activating group) is 1. The molecule has 0 aliphatic carbocycles. The third-order valence-electron chi connectivity index (χ3n) is 3.41. The van der Waals surface area contributed by atoms with Crippen LogP contribution in [0.4, 0.5) is 0 Å². The van der Waals surface area contributed by atoms with Crippen molar-refractivity contribution in [3.8, 4) is 11.5 Å². The van der Waals surface area contributed by atoms with Crippen LogP contribution in [0.2, 0.25) is 0 Å². The lowest BCUT2D eigenvalue weighted by Crippen LogP contribution is -2.34. The fourth-order valence-corrected chi connectivity index (χ4v) is 3.81. The normalized spacial score (nSPS) is 10.7. The molecule has 0 saturated carbocycles. The van der Waals surface area contributed by atoms with Crippen molar-refractivity contribution in [3.63, 3.8) is 0 Å². The molecule has 0 unspecified atom stereocenters. The van der Waals surface area contributed by atoms with Crippen molar-refractivity contribution in [1.82, 2.24) is 10.2 Å². The summed E-state index contributed by atoms with van der Waals surface area (Å²) in [6.07, 6.45) is 0. The molecular weight excluding hydrogens is 392 g/mol. The van der Waals surface area contributed by atoms with Gasteiger partial charge in [0.1, 0.15) is 0 Å². The highest BCUT2D eigenvalue weighted by Crippen LogP contribution is 2.27. The number of halogens is 1. The van der Waals surface area contributed by atoms with E-state index in [9.17, 15) is 4.79 Å². The van der Waals surface area contributed by atoms with Crippen molar-refractivity contribution in [2.24, 2.45) is 0 Å². The molecule has 1 amide bonds. The van der Waals surface area contributed by atoms with Gasteiger partial charge < -0.3 is 14.8 Å². The highest BCUT2D eigenvalue weighted by atomic mass is 79.9. The third kappa shape index (κ3) is 5.51. The van der Waals surface area contributed by atoms with Crippen LogP contribution in [0.1, 0.15) is 10.4 Å². The lowest BCUT2D eigenvalue weighted by atomic mass is 10.2. The number of rotatable bonds is 8. The summed E-state index contributed by atoms with van der Waals surface area (Å²) in [5, 5.41) is 2.93. The number of carbonyl (C=O) groups excluding carboxylic acids is 1. The molecule has 0 radical (unpaired) electrons. The second kappa shape index (κ2) is 9.05. The Morgan fingerprint density at radius 3 is 2.58 bits per heavy atom. The molecule has 2 rings (SSSR count). The van der Waals surface area contributed by atoms with E-state index in [1.165, 1.54) is 4.88 Å². The van der Waals surface area contributed by atoms with Crippen molar-refractivity contribution in [3.05, 3.63) is 44.6 Å². The first-order valence-electron chi connectivity index (χ1n) is 7.42. The Morgan fingerprint density at radius 2 is 1.96 bits per heavy atom. The predicted molar refractivity (Wildman–Crippen MR) is 99.7 cm³/mol. The van der Waals surface area contributed by atoms with E-state index in [2.05, 4.69) is 27.3 Å². The van der Waals surface area contributed by atoms with Gasteiger partial charge in [-0.1, -0.05) is 6.07 Å². The zero-order chi connectivity index (χ0) is 17.5. The Labute approximate surface area is 154 Å². The number of amides is 1. The second-order valence-electron chi connectivity index (χ2n) is 5.34. The van der Waals surface area contributed by atoms with Gasteiger partial charge in [0.05, 0.1) is 24.6 Å². The number of hydrogen-bond acceptors (Lipinski definition) is 5. The largest absolute Gasteiger partial charge is 0.493 e. The lowest BCUT2D eigenvalue weighted by Gasteiger charge is -2.15. The molecule has 130 valence electrons. The van der Waals surface area contributed by atoms with Crippen LogP contribution in [0.3, 0.4) is 0 Å². The first-order valence-corrected chi connectivity index (χ1v) is 9.03. The number of nitrogens with zero attached hydrogens (tertiary/aromatic N) is 1. The highest BCUT2D eigenvalue weighted by molar-refractivity contribution is 9.11. The maximum absolute atomic E-state index is 12.1. The molecule has 1 heterocycles. The Balaban J connectivity index is 1.82. The Hall–Kier alpha value is -1.57. The van der Waals surface area contributed by atoms with Crippen LogP contribution in [0.25, 0.3) is 0 Å². The van der Waals surface area contributed by atoms with Crippen LogP contribution >= 0.6 is 27.3 Å². The van der Waals surface area contributed by atoms with E-state index in [-0.39, 0.29) is 5.91 Å². The van der Waals surface area contributed by atoms with Gasteiger partial charge in [-0.15, -0.1) is 11.3 Å². The molecule has 1 N–H and O–H groups in total. The molecule has 0 fully saturated rings. The molecule has 0 aliphatic heterocycles. The zero-order valence-electron chi connectivity index (χ0n) is 14.0. The van der Waals surface area contributed by atoms with E-state index in [0.717, 1.165) is 15.9 Å². The molecule has 24 heavy (non-hydrogen) atoms. The fourth-order valence-electron chi connectivity index (χ4n) is 2.25. The summed E-state index contributed by atoms with van der Waals surface area (Å²) in [5.74, 6) is 1.32. The minimum atomic E-state index is -0.0112. The second-order valence-corrected chi connectivity index (χ2v) is 7.89. The van der Waals surface area contributed by atoms with Gasteiger partial charge in [-0.25, -0.2) is 0 Å². The molecule has 2 aromatic rings. The van der Waals surface area contributed by atoms with Crippen LogP contribution in [0.15, 0.2) is 34.1 Å². The van der Waals surface area contributed by atoms with Gasteiger partial charge in [-0.2, -0.15) is 0 Å². The Kier molecular flexibility index (Phi) is 7.08. The molecule has 0 atom stereocenters. The predicted octanol–water partition coefficient (Wildman–Crippen LogP) is 3.28. The van der Waals surface area contributed by atoms with Crippen molar-refractivity contribution < 1.29 is 14.3 Å². The number of benzene rings is 1. The summed E-state index contributed by atoms with van der Waals surface area (Å²) in [6, 6.07) is 9.69. The van der Waals surface area contributed by atoms with Crippen molar-refractivity contribution in [1.29, 1.82) is 0 Å². The van der Waals surface area contributed by atoms with Gasteiger partial charge in [0.2, 0.25) is 5.91 Å². The number of methoxy groups -OCH3 is 2. The van der Waals surface area contributed by atoms with Crippen LogP contribution in [0.5, 0.6) is 11.5 Å². The highest BCUT2D eigenvalue weighted by Gasteiger charge is 2.09. The summed E-state index contributed by atoms with van der Waals surface area (Å²) < 4.78 is 11.6. The van der Waals surface area contributed by atoms with Gasteiger partial charge in [0, 0.05) is 18.0 Å². The van der Waals surface area contributed by atoms with Gasteiger partial charge in [0.25, 0.3) is 0 Å². The average molecular weight is 413 g/mol. The van der Waals surface area contributed by atoms with Crippen LogP contribution < -0.4 is 14.8 Å². The molecule has 1 aromatic heterocycles. The minimum Gasteiger partial charge on any atom is -0.493 e. The average Bonchev–Trinajstić information content (AvgIpc) is 2.97. The van der Waals surface area contributed by atoms with E-state index in [1.54, 1.807) is 25.6 Å². The maximum Gasteiger partial charge on any atom is 0.234 e. The van der Waals surface area contributed by atoms with Gasteiger partial charge in [-0.3, -0.25) is 9.69 Å². The summed E-state index contributed by atoms with van der Waals surface area (Å²) in [6.45, 7) is 1.56. The fraction of sp³-hybridized carbons (Fsp3) is 0.353. The van der Waals surface area contributed by atoms with E-state index in [1.807, 2.05) is 36.2 Å². The number of ether oxygens (including phenoxy) is 2. The van der Waals surface area contributed by atoms with E-state index in [0.29, 0.717) is 24.6 Å².